The monoisotopic (exact) mass is 331 g/mol. The molecule has 1 aliphatic heterocycles. The van der Waals surface area contributed by atoms with Crippen molar-refractivity contribution in [2.24, 2.45) is 5.73 Å². The Balaban J connectivity index is 2.01. The molecule has 5 heteroatoms. The summed E-state index contributed by atoms with van der Waals surface area (Å²) in [5.74, 6) is -0.143. The molecule has 0 saturated carbocycles. The molecular formula is C20H14FN3O. The molecule has 1 aromatic heterocycles. The number of hydrogen-bond donors (Lipinski definition) is 1. The van der Waals surface area contributed by atoms with Crippen LogP contribution in [-0.2, 0) is 0 Å². The van der Waals surface area contributed by atoms with E-state index in [0.717, 1.165) is 22.2 Å². The minimum Gasteiger partial charge on any atom is -0.438 e. The zero-order chi connectivity index (χ0) is 17.6. The Labute approximate surface area is 144 Å². The van der Waals surface area contributed by atoms with E-state index < -0.39 is 5.92 Å². The van der Waals surface area contributed by atoms with E-state index in [-0.39, 0.29) is 11.7 Å². The number of halogens is 1. The highest BCUT2D eigenvalue weighted by Gasteiger charge is 2.32. The number of aryl methyl sites for hydroxylation is 1. The summed E-state index contributed by atoms with van der Waals surface area (Å²) < 4.78 is 19.1. The minimum atomic E-state index is -0.416. The van der Waals surface area contributed by atoms with Gasteiger partial charge in [-0.05, 0) is 30.7 Å². The predicted molar refractivity (Wildman–Crippen MR) is 92.2 cm³/mol. The maximum atomic E-state index is 13.3. The van der Waals surface area contributed by atoms with E-state index in [0.29, 0.717) is 16.8 Å². The molecule has 0 fully saturated rings. The number of pyridine rings is 1. The third-order valence-electron chi connectivity index (χ3n) is 4.39. The second-order valence-electron chi connectivity index (χ2n) is 5.98. The zero-order valence-corrected chi connectivity index (χ0v) is 13.5. The zero-order valence-electron chi connectivity index (χ0n) is 13.5. The molecule has 2 N–H and O–H groups in total. The van der Waals surface area contributed by atoms with Crippen LogP contribution in [0.5, 0.6) is 5.75 Å². The van der Waals surface area contributed by atoms with Crippen LogP contribution in [0.15, 0.2) is 60.0 Å². The highest BCUT2D eigenvalue weighted by atomic mass is 19.1. The first kappa shape index (κ1) is 15.2. The van der Waals surface area contributed by atoms with E-state index in [1.54, 1.807) is 12.1 Å². The van der Waals surface area contributed by atoms with Gasteiger partial charge in [0.1, 0.15) is 23.0 Å². The number of aromatic nitrogens is 1. The highest BCUT2D eigenvalue weighted by Crippen LogP contribution is 2.44. The Hall–Kier alpha value is -3.39. The van der Waals surface area contributed by atoms with Crippen LogP contribution in [0.4, 0.5) is 4.39 Å². The Morgan fingerprint density at radius 3 is 2.56 bits per heavy atom. The molecule has 0 amide bonds. The molecule has 0 aliphatic carbocycles. The van der Waals surface area contributed by atoms with Crippen molar-refractivity contribution in [3.8, 4) is 11.8 Å². The van der Waals surface area contributed by atoms with Crippen molar-refractivity contribution in [1.29, 1.82) is 5.26 Å². The van der Waals surface area contributed by atoms with E-state index in [1.165, 1.54) is 12.1 Å². The van der Waals surface area contributed by atoms with Gasteiger partial charge in [0.05, 0.1) is 5.92 Å². The molecule has 122 valence electrons. The third-order valence-corrected chi connectivity index (χ3v) is 4.39. The quantitative estimate of drug-likeness (QED) is 0.734. The number of fused-ring (bicyclic) bond motifs is 3. The van der Waals surface area contributed by atoms with Crippen LogP contribution in [0.1, 0.15) is 22.7 Å². The molecule has 1 atom stereocenters. The number of allylic oxidation sites excluding steroid dienone is 1. The number of nitriles is 1. The first-order valence-corrected chi connectivity index (χ1v) is 7.82. The van der Waals surface area contributed by atoms with Gasteiger partial charge in [0.2, 0.25) is 5.88 Å². The van der Waals surface area contributed by atoms with Gasteiger partial charge < -0.3 is 10.5 Å². The van der Waals surface area contributed by atoms with E-state index in [4.69, 9.17) is 10.5 Å². The highest BCUT2D eigenvalue weighted by molar-refractivity contribution is 5.87. The third kappa shape index (κ3) is 2.39. The van der Waals surface area contributed by atoms with Gasteiger partial charge in [-0.3, -0.25) is 0 Å². The maximum Gasteiger partial charge on any atom is 0.205 e. The molecule has 1 unspecified atom stereocenters. The van der Waals surface area contributed by atoms with Crippen LogP contribution in [0, 0.1) is 24.1 Å². The van der Waals surface area contributed by atoms with Crippen molar-refractivity contribution in [3.63, 3.8) is 0 Å². The summed E-state index contributed by atoms with van der Waals surface area (Å²) in [6.07, 6.45) is 0. The van der Waals surface area contributed by atoms with Gasteiger partial charge >= 0.3 is 0 Å². The Bertz CT molecular complexity index is 1060. The first-order chi connectivity index (χ1) is 12.1. The molecule has 0 bridgehead atoms. The van der Waals surface area contributed by atoms with Gasteiger partial charge in [-0.25, -0.2) is 9.37 Å². The number of hydrogen-bond acceptors (Lipinski definition) is 4. The van der Waals surface area contributed by atoms with Gasteiger partial charge in [-0.1, -0.05) is 30.3 Å². The lowest BCUT2D eigenvalue weighted by molar-refractivity contribution is 0.397. The fourth-order valence-electron chi connectivity index (χ4n) is 3.19. The first-order valence-electron chi connectivity index (χ1n) is 7.82. The lowest BCUT2D eigenvalue weighted by Gasteiger charge is -2.27. The minimum absolute atomic E-state index is 0.0557. The number of ether oxygens (including phenoxy) is 1. The van der Waals surface area contributed by atoms with Gasteiger partial charge in [0, 0.05) is 16.6 Å². The van der Waals surface area contributed by atoms with Gasteiger partial charge in [-0.2, -0.15) is 5.26 Å². The molecule has 0 radical (unpaired) electrons. The smallest absolute Gasteiger partial charge is 0.205 e. The topological polar surface area (TPSA) is 71.9 Å². The summed E-state index contributed by atoms with van der Waals surface area (Å²) in [6.45, 7) is 1.90. The second-order valence-corrected chi connectivity index (χ2v) is 5.98. The Kier molecular flexibility index (Phi) is 3.40. The van der Waals surface area contributed by atoms with Gasteiger partial charge in [0.15, 0.2) is 5.75 Å². The lowest BCUT2D eigenvalue weighted by atomic mass is 9.83. The summed E-state index contributed by atoms with van der Waals surface area (Å²) in [6, 6.07) is 15.9. The molecule has 3 aromatic rings. The summed E-state index contributed by atoms with van der Waals surface area (Å²) in [5.41, 5.74) is 9.46. The van der Waals surface area contributed by atoms with Crippen molar-refractivity contribution >= 4 is 10.9 Å². The number of nitrogens with zero attached hydrogens (tertiary/aromatic N) is 2. The van der Waals surface area contributed by atoms with Crippen molar-refractivity contribution < 1.29 is 9.13 Å². The molecule has 0 saturated heterocycles. The Morgan fingerprint density at radius 2 is 1.84 bits per heavy atom. The standard InChI is InChI=1S/C20H14FN3O/c1-11-2-3-13-6-9-15-17(12-4-7-14(21)8-5-12)16(10-22)20(23)25-19(15)18(13)24-11/h2-9,17H,23H2,1H3. The van der Waals surface area contributed by atoms with Gasteiger partial charge in [0.25, 0.3) is 0 Å². The fourth-order valence-corrected chi connectivity index (χ4v) is 3.19. The van der Waals surface area contributed by atoms with Crippen LogP contribution in [-0.4, -0.2) is 4.98 Å². The molecule has 4 nitrogen and oxygen atoms in total. The lowest BCUT2D eigenvalue weighted by Crippen LogP contribution is -2.21. The molecule has 0 spiro atoms. The fraction of sp³-hybridized carbons (Fsp3) is 0.100. The predicted octanol–water partition coefficient (Wildman–Crippen LogP) is 3.90. The maximum absolute atomic E-state index is 13.3. The summed E-state index contributed by atoms with van der Waals surface area (Å²) in [7, 11) is 0. The van der Waals surface area contributed by atoms with Crippen LogP contribution in [0.3, 0.4) is 0 Å². The van der Waals surface area contributed by atoms with Crippen LogP contribution >= 0.6 is 0 Å². The SMILES string of the molecule is Cc1ccc2ccc3c(c2n1)OC(N)=C(C#N)C3c1ccc(F)cc1. The van der Waals surface area contributed by atoms with E-state index in [1.807, 2.05) is 31.2 Å². The van der Waals surface area contributed by atoms with Crippen molar-refractivity contribution in [2.75, 3.05) is 0 Å². The Morgan fingerprint density at radius 1 is 1.12 bits per heavy atom. The molecule has 2 heterocycles. The summed E-state index contributed by atoms with van der Waals surface area (Å²) >= 11 is 0. The summed E-state index contributed by atoms with van der Waals surface area (Å²) in [5, 5.41) is 10.5. The van der Waals surface area contributed by atoms with E-state index in [2.05, 4.69) is 11.1 Å². The molecule has 1 aliphatic rings. The molecule has 2 aromatic carbocycles. The van der Waals surface area contributed by atoms with Crippen molar-refractivity contribution in [2.45, 2.75) is 12.8 Å². The second kappa shape index (κ2) is 5.60. The van der Waals surface area contributed by atoms with E-state index >= 15 is 0 Å². The normalized spacial score (nSPS) is 16.3. The molecule has 4 rings (SSSR count). The number of benzene rings is 2. The average Bonchev–Trinajstić information content (AvgIpc) is 2.61. The van der Waals surface area contributed by atoms with Crippen LogP contribution in [0.2, 0.25) is 0 Å². The number of rotatable bonds is 1. The summed E-state index contributed by atoms with van der Waals surface area (Å²) in [4.78, 5) is 4.57. The number of nitrogens with two attached hydrogens (primary N) is 1. The van der Waals surface area contributed by atoms with E-state index in [9.17, 15) is 9.65 Å². The van der Waals surface area contributed by atoms with Crippen molar-refractivity contribution in [1.82, 2.24) is 4.98 Å². The largest absolute Gasteiger partial charge is 0.438 e. The van der Waals surface area contributed by atoms with Crippen LogP contribution in [0.25, 0.3) is 10.9 Å². The van der Waals surface area contributed by atoms with Gasteiger partial charge in [-0.15, -0.1) is 0 Å². The van der Waals surface area contributed by atoms with Crippen LogP contribution < -0.4 is 10.5 Å². The molecular weight excluding hydrogens is 317 g/mol. The average molecular weight is 331 g/mol. The van der Waals surface area contributed by atoms with Crippen molar-refractivity contribution in [3.05, 3.63) is 82.6 Å². The molecule has 25 heavy (non-hydrogen) atoms.